The standard InChI is InChI=1S/C20H24N6O3/c1-12(18(27)23-13-7-9-15(29-2)10-8-13)22-20-24-17-16(19(28)25-20)11-21-26(17)14-5-3-4-6-14/h7-12,14H,3-6H2,1-2H3,(H,23,27)(H2,22,24,25,28). The minimum Gasteiger partial charge on any atom is -0.497 e. The monoisotopic (exact) mass is 396 g/mol. The zero-order valence-electron chi connectivity index (χ0n) is 16.4. The van der Waals surface area contributed by atoms with Gasteiger partial charge in [0.2, 0.25) is 11.9 Å². The van der Waals surface area contributed by atoms with Gasteiger partial charge in [0, 0.05) is 5.69 Å². The number of nitrogens with one attached hydrogen (secondary N) is 3. The lowest BCUT2D eigenvalue weighted by atomic mass is 10.2. The lowest BCUT2D eigenvalue weighted by Gasteiger charge is -2.15. The van der Waals surface area contributed by atoms with Gasteiger partial charge in [-0.05, 0) is 44.0 Å². The van der Waals surface area contributed by atoms with Gasteiger partial charge in [-0.25, -0.2) is 4.68 Å². The van der Waals surface area contributed by atoms with Crippen molar-refractivity contribution in [3.05, 3.63) is 40.8 Å². The molecule has 3 N–H and O–H groups in total. The summed E-state index contributed by atoms with van der Waals surface area (Å²) in [6.07, 6.45) is 5.94. The fourth-order valence-electron chi connectivity index (χ4n) is 3.62. The van der Waals surface area contributed by atoms with Crippen molar-refractivity contribution in [3.63, 3.8) is 0 Å². The van der Waals surface area contributed by atoms with E-state index in [1.165, 1.54) is 0 Å². The molecule has 2 aromatic heterocycles. The molecular formula is C20H24N6O3. The highest BCUT2D eigenvalue weighted by molar-refractivity contribution is 5.96. The van der Waals surface area contributed by atoms with E-state index < -0.39 is 6.04 Å². The average Bonchev–Trinajstić information content (AvgIpc) is 3.38. The number of anilines is 2. The first kappa shape index (κ1) is 19.0. The topological polar surface area (TPSA) is 114 Å². The van der Waals surface area contributed by atoms with Gasteiger partial charge >= 0.3 is 0 Å². The highest BCUT2D eigenvalue weighted by Crippen LogP contribution is 2.30. The Bertz CT molecular complexity index is 1070. The fraction of sp³-hybridized carbons (Fsp3) is 0.400. The molecule has 9 nitrogen and oxygen atoms in total. The number of rotatable bonds is 6. The van der Waals surface area contributed by atoms with Gasteiger partial charge in [-0.15, -0.1) is 0 Å². The summed E-state index contributed by atoms with van der Waals surface area (Å²) >= 11 is 0. The molecule has 1 aliphatic rings. The van der Waals surface area contributed by atoms with Gasteiger partial charge in [-0.1, -0.05) is 12.8 Å². The number of benzene rings is 1. The third-order valence-electron chi connectivity index (χ3n) is 5.24. The van der Waals surface area contributed by atoms with E-state index in [1.54, 1.807) is 44.5 Å². The van der Waals surface area contributed by atoms with E-state index in [1.807, 2.05) is 4.68 Å². The van der Waals surface area contributed by atoms with E-state index in [0.29, 0.717) is 22.5 Å². The Balaban J connectivity index is 1.50. The van der Waals surface area contributed by atoms with E-state index in [2.05, 4.69) is 25.7 Å². The number of amides is 1. The zero-order chi connectivity index (χ0) is 20.4. The Morgan fingerprint density at radius 2 is 2.00 bits per heavy atom. The van der Waals surface area contributed by atoms with Crippen molar-refractivity contribution < 1.29 is 9.53 Å². The van der Waals surface area contributed by atoms with Crippen LogP contribution in [0.25, 0.3) is 11.0 Å². The summed E-state index contributed by atoms with van der Waals surface area (Å²) in [4.78, 5) is 32.2. The summed E-state index contributed by atoms with van der Waals surface area (Å²) < 4.78 is 6.95. The highest BCUT2D eigenvalue weighted by Gasteiger charge is 2.22. The smallest absolute Gasteiger partial charge is 0.263 e. The van der Waals surface area contributed by atoms with Crippen molar-refractivity contribution in [2.75, 3.05) is 17.7 Å². The van der Waals surface area contributed by atoms with Crippen LogP contribution < -0.4 is 20.9 Å². The molecule has 4 rings (SSSR count). The molecule has 1 amide bonds. The number of ether oxygens (including phenoxy) is 1. The van der Waals surface area contributed by atoms with Crippen LogP contribution in [0.3, 0.4) is 0 Å². The van der Waals surface area contributed by atoms with Gasteiger partial charge < -0.3 is 15.4 Å². The van der Waals surface area contributed by atoms with Crippen LogP contribution in [0.2, 0.25) is 0 Å². The van der Waals surface area contributed by atoms with E-state index in [-0.39, 0.29) is 23.5 Å². The van der Waals surface area contributed by atoms with Crippen LogP contribution >= 0.6 is 0 Å². The lowest BCUT2D eigenvalue weighted by molar-refractivity contribution is -0.116. The van der Waals surface area contributed by atoms with Crippen LogP contribution in [0.1, 0.15) is 38.6 Å². The molecule has 1 fully saturated rings. The molecule has 0 aliphatic heterocycles. The molecule has 2 heterocycles. The second-order valence-electron chi connectivity index (χ2n) is 7.26. The second-order valence-corrected chi connectivity index (χ2v) is 7.26. The van der Waals surface area contributed by atoms with E-state index in [4.69, 9.17) is 4.74 Å². The molecule has 0 saturated heterocycles. The first-order valence-corrected chi connectivity index (χ1v) is 9.74. The lowest BCUT2D eigenvalue weighted by Crippen LogP contribution is -2.33. The number of hydrogen-bond donors (Lipinski definition) is 3. The van der Waals surface area contributed by atoms with Crippen LogP contribution in [0.4, 0.5) is 11.6 Å². The Hall–Kier alpha value is -3.36. The number of carbonyl (C=O) groups is 1. The predicted octanol–water partition coefficient (Wildman–Crippen LogP) is 2.68. The maximum atomic E-state index is 12.5. The molecule has 1 saturated carbocycles. The molecule has 3 aromatic rings. The van der Waals surface area contributed by atoms with E-state index in [0.717, 1.165) is 25.7 Å². The number of hydrogen-bond acceptors (Lipinski definition) is 6. The molecule has 9 heteroatoms. The second kappa shape index (κ2) is 7.94. The van der Waals surface area contributed by atoms with Gasteiger partial charge in [0.25, 0.3) is 5.56 Å². The summed E-state index contributed by atoms with van der Waals surface area (Å²) in [6, 6.07) is 6.72. The van der Waals surface area contributed by atoms with E-state index in [9.17, 15) is 9.59 Å². The first-order chi connectivity index (χ1) is 14.0. The van der Waals surface area contributed by atoms with Gasteiger partial charge in [0.05, 0.1) is 19.3 Å². The predicted molar refractivity (Wildman–Crippen MR) is 110 cm³/mol. The summed E-state index contributed by atoms with van der Waals surface area (Å²) in [7, 11) is 1.59. The molecule has 152 valence electrons. The number of carbonyl (C=O) groups excluding carboxylic acids is 1. The van der Waals surface area contributed by atoms with Crippen molar-refractivity contribution >= 4 is 28.6 Å². The third kappa shape index (κ3) is 3.94. The Labute approximate surface area is 167 Å². The maximum Gasteiger partial charge on any atom is 0.263 e. The third-order valence-corrected chi connectivity index (χ3v) is 5.24. The molecule has 29 heavy (non-hydrogen) atoms. The van der Waals surface area contributed by atoms with Crippen LogP contribution in [0, 0.1) is 0 Å². The molecule has 0 bridgehead atoms. The number of nitrogens with zero attached hydrogens (tertiary/aromatic N) is 3. The number of methoxy groups -OCH3 is 1. The minimum absolute atomic E-state index is 0.248. The van der Waals surface area contributed by atoms with E-state index >= 15 is 0 Å². The van der Waals surface area contributed by atoms with Crippen molar-refractivity contribution in [2.24, 2.45) is 0 Å². The molecule has 1 unspecified atom stereocenters. The van der Waals surface area contributed by atoms with Gasteiger partial charge in [0.15, 0.2) is 5.65 Å². The first-order valence-electron chi connectivity index (χ1n) is 9.74. The summed E-state index contributed by atoms with van der Waals surface area (Å²) in [5, 5.41) is 10.6. The van der Waals surface area contributed by atoms with Crippen molar-refractivity contribution in [2.45, 2.75) is 44.7 Å². The summed E-state index contributed by atoms with van der Waals surface area (Å²) in [5.74, 6) is 0.713. The van der Waals surface area contributed by atoms with Crippen LogP contribution in [-0.4, -0.2) is 38.8 Å². The van der Waals surface area contributed by atoms with Crippen molar-refractivity contribution in [1.82, 2.24) is 19.7 Å². The van der Waals surface area contributed by atoms with Crippen LogP contribution in [0.15, 0.2) is 35.3 Å². The maximum absolute atomic E-state index is 12.5. The normalized spacial score (nSPS) is 15.4. The highest BCUT2D eigenvalue weighted by atomic mass is 16.5. The SMILES string of the molecule is COc1ccc(NC(=O)C(C)Nc2nc3c(cnn3C3CCCC3)c(=O)[nH]2)cc1. The van der Waals surface area contributed by atoms with Crippen LogP contribution in [-0.2, 0) is 4.79 Å². The molecule has 1 aromatic carbocycles. The largest absolute Gasteiger partial charge is 0.497 e. The quantitative estimate of drug-likeness (QED) is 0.590. The number of H-pyrrole nitrogens is 1. The Kier molecular flexibility index (Phi) is 5.20. The van der Waals surface area contributed by atoms with Crippen molar-refractivity contribution in [1.29, 1.82) is 0 Å². The Morgan fingerprint density at radius 3 is 2.69 bits per heavy atom. The number of aromatic amines is 1. The summed E-state index contributed by atoms with van der Waals surface area (Å²) in [5.41, 5.74) is 0.927. The van der Waals surface area contributed by atoms with Crippen LogP contribution in [0.5, 0.6) is 5.75 Å². The fourth-order valence-corrected chi connectivity index (χ4v) is 3.62. The molecule has 0 spiro atoms. The van der Waals surface area contributed by atoms with Gasteiger partial charge in [-0.3, -0.25) is 14.6 Å². The minimum atomic E-state index is -0.611. The molecule has 1 aliphatic carbocycles. The molecule has 1 atom stereocenters. The molecular weight excluding hydrogens is 372 g/mol. The Morgan fingerprint density at radius 1 is 1.28 bits per heavy atom. The number of fused-ring (bicyclic) bond motifs is 1. The van der Waals surface area contributed by atoms with Crippen molar-refractivity contribution in [3.8, 4) is 5.75 Å². The van der Waals surface area contributed by atoms with Gasteiger partial charge in [-0.2, -0.15) is 10.1 Å². The van der Waals surface area contributed by atoms with Gasteiger partial charge in [0.1, 0.15) is 17.2 Å². The zero-order valence-corrected chi connectivity index (χ0v) is 16.4. The number of aromatic nitrogens is 4. The molecule has 0 radical (unpaired) electrons. The summed E-state index contributed by atoms with van der Waals surface area (Å²) in [6.45, 7) is 1.71. The average molecular weight is 396 g/mol.